The monoisotopic (exact) mass is 587 g/mol. The maximum atomic E-state index is 13.9. The summed E-state index contributed by atoms with van der Waals surface area (Å²) in [4.78, 5) is 46.0. The van der Waals surface area contributed by atoms with Gasteiger partial charge >= 0.3 is 6.09 Å². The van der Waals surface area contributed by atoms with E-state index in [1.54, 1.807) is 69.4 Å². The lowest BCUT2D eigenvalue weighted by Crippen LogP contribution is -2.60. The Balaban J connectivity index is 1.60. The molecular weight excluding hydrogens is 552 g/mol. The molecule has 0 saturated carbocycles. The highest BCUT2D eigenvalue weighted by Crippen LogP contribution is 2.38. The maximum absolute atomic E-state index is 13.9. The lowest BCUT2D eigenvalue weighted by molar-refractivity contribution is -0.143. The Hall–Kier alpha value is -4.29. The van der Waals surface area contributed by atoms with E-state index >= 15 is 0 Å². The van der Waals surface area contributed by atoms with Gasteiger partial charge in [0.2, 0.25) is 5.91 Å². The quantitative estimate of drug-likeness (QED) is 0.453. The van der Waals surface area contributed by atoms with E-state index in [1.807, 2.05) is 0 Å². The molecule has 1 aromatic carbocycles. The number of rotatable bonds is 10. The molecule has 4 rings (SSSR count). The number of nitrogens with one attached hydrogen (secondary N) is 1. The molecule has 0 unspecified atom stereocenters. The summed E-state index contributed by atoms with van der Waals surface area (Å²) >= 11 is 0. The number of benzene rings is 1. The van der Waals surface area contributed by atoms with E-state index in [1.165, 1.54) is 12.0 Å². The highest BCUT2D eigenvalue weighted by Gasteiger charge is 2.55. The normalized spacial score (nSPS) is 19.2. The Bertz CT molecular complexity index is 1320. The molecule has 2 atom stereocenters. The highest BCUT2D eigenvalue weighted by molar-refractivity contribution is 6.13. The molecule has 1 fully saturated rings. The van der Waals surface area contributed by atoms with E-state index in [2.05, 4.69) is 15.4 Å². The number of ether oxygens (including phenoxy) is 3. The smallest absolute Gasteiger partial charge is 0.408 e. The Morgan fingerprint density at radius 1 is 1.14 bits per heavy atom. The summed E-state index contributed by atoms with van der Waals surface area (Å²) in [6.07, 6.45) is -1.78. The van der Waals surface area contributed by atoms with Crippen molar-refractivity contribution in [1.82, 2.24) is 20.2 Å². The highest BCUT2D eigenvalue weighted by atomic mass is 19.3. The van der Waals surface area contributed by atoms with Crippen LogP contribution in [-0.2, 0) is 20.7 Å². The van der Waals surface area contributed by atoms with Gasteiger partial charge in [0.05, 0.1) is 12.8 Å². The molecule has 11 nitrogen and oxygen atoms in total. The molecule has 2 aromatic rings. The van der Waals surface area contributed by atoms with Crippen LogP contribution >= 0.6 is 0 Å². The van der Waals surface area contributed by atoms with E-state index in [0.717, 1.165) is 5.01 Å². The van der Waals surface area contributed by atoms with Crippen LogP contribution in [0.25, 0.3) is 0 Å². The van der Waals surface area contributed by atoms with Crippen molar-refractivity contribution < 1.29 is 37.4 Å². The maximum Gasteiger partial charge on any atom is 0.408 e. The minimum absolute atomic E-state index is 0.0689. The summed E-state index contributed by atoms with van der Waals surface area (Å²) in [5.41, 5.74) is -1.22. The summed E-state index contributed by atoms with van der Waals surface area (Å²) in [5.74, 6) is -0.192. The first-order chi connectivity index (χ1) is 19.9. The van der Waals surface area contributed by atoms with Crippen LogP contribution in [0.4, 0.5) is 13.6 Å². The number of amides is 3. The number of hydrogen-bond acceptors (Lipinski definition) is 8. The van der Waals surface area contributed by atoms with Crippen molar-refractivity contribution >= 4 is 23.6 Å². The lowest BCUT2D eigenvalue weighted by atomic mass is 9.74. The van der Waals surface area contributed by atoms with Gasteiger partial charge in [-0.05, 0) is 45.0 Å². The lowest BCUT2D eigenvalue weighted by Gasteiger charge is -2.40. The first kappa shape index (κ1) is 30.7. The Morgan fingerprint density at radius 3 is 2.57 bits per heavy atom. The van der Waals surface area contributed by atoms with Crippen LogP contribution < -0.4 is 14.8 Å². The summed E-state index contributed by atoms with van der Waals surface area (Å²) in [7, 11) is 1.51. The molecule has 2 aliphatic heterocycles. The fourth-order valence-electron chi connectivity index (χ4n) is 4.95. The number of piperidine rings is 1. The van der Waals surface area contributed by atoms with Crippen molar-refractivity contribution in [1.29, 1.82) is 0 Å². The third kappa shape index (κ3) is 7.31. The van der Waals surface area contributed by atoms with Crippen molar-refractivity contribution in [2.75, 3.05) is 33.4 Å². The zero-order valence-corrected chi connectivity index (χ0v) is 24.0. The molecule has 1 saturated heterocycles. The number of nitrogens with zero attached hydrogens (tertiary/aromatic N) is 4. The van der Waals surface area contributed by atoms with Crippen molar-refractivity contribution in [3.05, 3.63) is 54.4 Å². The molecule has 1 N–H and O–H groups in total. The van der Waals surface area contributed by atoms with Gasteiger partial charge in [-0.25, -0.2) is 18.6 Å². The average Bonchev–Trinajstić information content (AvgIpc) is 3.19. The SMILES string of the molecule is COc1cccc(OC[C@@H](NC(=O)OC(C)(C)C)C(=O)N2CCC3=NN(CC(F)F)C(=O)[C@]3(Cc3ccccn3)C2)c1. The molecule has 0 aliphatic carbocycles. The number of alkyl halides is 2. The number of hydrogen-bond donors (Lipinski definition) is 1. The Kier molecular flexibility index (Phi) is 9.27. The second-order valence-electron chi connectivity index (χ2n) is 11.1. The van der Waals surface area contributed by atoms with E-state index < -0.39 is 47.9 Å². The third-order valence-electron chi connectivity index (χ3n) is 6.80. The molecule has 0 radical (unpaired) electrons. The fraction of sp³-hybridized carbons (Fsp3) is 0.483. The number of methoxy groups -OCH3 is 1. The van der Waals surface area contributed by atoms with Crippen LogP contribution in [0.1, 0.15) is 32.9 Å². The van der Waals surface area contributed by atoms with E-state index in [0.29, 0.717) is 22.9 Å². The van der Waals surface area contributed by atoms with Crippen molar-refractivity contribution in [2.45, 2.75) is 51.7 Å². The van der Waals surface area contributed by atoms with Crippen LogP contribution in [0.3, 0.4) is 0 Å². The standard InChI is InChI=1S/C29H35F2N5O6/c1-28(2,3)42-27(39)33-22(17-41-21-10-7-9-20(14-21)40-4)25(37)35-13-11-23-29(18-35,15-19-8-5-6-12-32-19)26(38)36(34-23)16-24(30)31/h5-10,12,14,22,24H,11,13,15-18H2,1-4H3,(H,33,39)/t22-,29-/m1/s1. The Morgan fingerprint density at radius 2 is 1.90 bits per heavy atom. The third-order valence-corrected chi connectivity index (χ3v) is 6.80. The zero-order chi connectivity index (χ0) is 30.5. The molecule has 0 spiro atoms. The van der Waals surface area contributed by atoms with Crippen LogP contribution in [-0.4, -0.2) is 89.9 Å². The van der Waals surface area contributed by atoms with Crippen LogP contribution in [0.2, 0.25) is 0 Å². The molecule has 1 aromatic heterocycles. The number of fused-ring (bicyclic) bond motifs is 1. The number of halogens is 2. The molecule has 13 heteroatoms. The summed E-state index contributed by atoms with van der Waals surface area (Å²) in [6.45, 7) is 4.01. The van der Waals surface area contributed by atoms with Gasteiger partial charge in [-0.15, -0.1) is 0 Å². The first-order valence-corrected chi connectivity index (χ1v) is 13.5. The predicted molar refractivity (Wildman–Crippen MR) is 148 cm³/mol. The number of aromatic nitrogens is 1. The van der Waals surface area contributed by atoms with Crippen molar-refractivity contribution in [3.8, 4) is 11.5 Å². The number of alkyl carbamates (subject to hydrolysis) is 1. The minimum Gasteiger partial charge on any atom is -0.497 e. The largest absolute Gasteiger partial charge is 0.497 e. The van der Waals surface area contributed by atoms with Crippen LogP contribution in [0, 0.1) is 5.41 Å². The number of carbonyl (C=O) groups excluding carboxylic acids is 3. The first-order valence-electron chi connectivity index (χ1n) is 13.5. The van der Waals surface area contributed by atoms with E-state index in [4.69, 9.17) is 14.2 Å². The van der Waals surface area contributed by atoms with Gasteiger partial charge in [0.1, 0.15) is 41.7 Å². The van der Waals surface area contributed by atoms with E-state index in [9.17, 15) is 23.2 Å². The van der Waals surface area contributed by atoms with Gasteiger partial charge in [0.25, 0.3) is 12.3 Å². The van der Waals surface area contributed by atoms with Gasteiger partial charge < -0.3 is 24.4 Å². The van der Waals surface area contributed by atoms with Crippen molar-refractivity contribution in [2.24, 2.45) is 10.5 Å². The van der Waals surface area contributed by atoms with Gasteiger partial charge in [-0.2, -0.15) is 5.10 Å². The molecule has 0 bridgehead atoms. The summed E-state index contributed by atoms with van der Waals surface area (Å²) in [6, 6.07) is 10.8. The summed E-state index contributed by atoms with van der Waals surface area (Å²) < 4.78 is 43.0. The molecule has 3 heterocycles. The molecular formula is C29H35F2N5O6. The number of likely N-dealkylation sites (tertiary alicyclic amines) is 1. The molecule has 42 heavy (non-hydrogen) atoms. The summed E-state index contributed by atoms with van der Waals surface area (Å²) in [5, 5.41) is 7.63. The fourth-order valence-corrected chi connectivity index (χ4v) is 4.95. The molecule has 2 aliphatic rings. The van der Waals surface area contributed by atoms with Gasteiger partial charge in [-0.3, -0.25) is 14.6 Å². The topological polar surface area (TPSA) is 123 Å². The zero-order valence-electron chi connectivity index (χ0n) is 24.0. The molecule has 226 valence electrons. The van der Waals surface area contributed by atoms with E-state index in [-0.39, 0.29) is 32.5 Å². The average molecular weight is 588 g/mol. The second-order valence-corrected chi connectivity index (χ2v) is 11.1. The predicted octanol–water partition coefficient (Wildman–Crippen LogP) is 3.29. The number of carbonyl (C=O) groups is 3. The van der Waals surface area contributed by atoms with Gasteiger partial charge in [0.15, 0.2) is 0 Å². The van der Waals surface area contributed by atoms with Crippen LogP contribution in [0.15, 0.2) is 53.8 Å². The Labute approximate surface area is 242 Å². The van der Waals surface area contributed by atoms with Crippen molar-refractivity contribution in [3.63, 3.8) is 0 Å². The van der Waals surface area contributed by atoms with Crippen LogP contribution in [0.5, 0.6) is 11.5 Å². The van der Waals surface area contributed by atoms with Gasteiger partial charge in [-0.1, -0.05) is 12.1 Å². The van der Waals surface area contributed by atoms with Gasteiger partial charge in [0, 0.05) is 43.9 Å². The number of pyridine rings is 1. The number of hydrazone groups is 1. The molecule has 3 amide bonds. The minimum atomic E-state index is -2.78. The second kappa shape index (κ2) is 12.7.